The number of carbonyl (C=O) groups excluding carboxylic acids is 1. The first kappa shape index (κ1) is 18.1. The van der Waals surface area contributed by atoms with Crippen LogP contribution >= 0.6 is 0 Å². The normalized spacial score (nSPS) is 14.2. The molecule has 2 aromatic heterocycles. The molecule has 0 aliphatic carbocycles. The highest BCUT2D eigenvalue weighted by atomic mass is 16.3. The van der Waals surface area contributed by atoms with E-state index in [0.29, 0.717) is 5.82 Å². The van der Waals surface area contributed by atoms with E-state index in [0.717, 1.165) is 31.9 Å². The molecule has 0 unspecified atom stereocenters. The lowest BCUT2D eigenvalue weighted by Crippen LogP contribution is -2.46. The van der Waals surface area contributed by atoms with Gasteiger partial charge in [0.05, 0.1) is 18.1 Å². The zero-order valence-corrected chi connectivity index (χ0v) is 16.2. The van der Waals surface area contributed by atoms with Gasteiger partial charge < -0.3 is 19.5 Å². The summed E-state index contributed by atoms with van der Waals surface area (Å²) in [6, 6.07) is 13.6. The summed E-state index contributed by atoms with van der Waals surface area (Å²) in [6.07, 6.45) is 3.29. The molecule has 28 heavy (non-hydrogen) atoms. The molecule has 1 amide bonds. The number of hydrogen-bond acceptors (Lipinski definition) is 5. The summed E-state index contributed by atoms with van der Waals surface area (Å²) in [5, 5.41) is 2.74. The van der Waals surface area contributed by atoms with Crippen LogP contribution < -0.4 is 15.1 Å². The van der Waals surface area contributed by atoms with Crippen molar-refractivity contribution >= 4 is 23.1 Å². The van der Waals surface area contributed by atoms with Gasteiger partial charge in [-0.3, -0.25) is 4.79 Å². The van der Waals surface area contributed by atoms with Gasteiger partial charge in [-0.2, -0.15) is 0 Å². The van der Waals surface area contributed by atoms with Crippen LogP contribution in [0.15, 0.2) is 59.3 Å². The maximum absolute atomic E-state index is 12.0. The molecule has 1 aromatic carbocycles. The van der Waals surface area contributed by atoms with Crippen molar-refractivity contribution in [2.24, 2.45) is 0 Å². The molecule has 4 rings (SSSR count). The van der Waals surface area contributed by atoms with Crippen LogP contribution in [0.5, 0.6) is 0 Å². The number of carbonyl (C=O) groups is 1. The number of aromatic nitrogens is 1. The Hall–Kier alpha value is -3.28. The molecule has 0 atom stereocenters. The molecule has 0 radical (unpaired) electrons. The standard InChI is InChI=1S/C22H24N4O2/c1-16-5-3-6-19(17(16)2)26-12-10-25(11-13-26)18-8-9-21(23-15-18)24-22(27)20-7-4-14-28-20/h3-9,14-15H,10-13H2,1-2H3,(H,23,24,27). The van der Waals surface area contributed by atoms with Crippen molar-refractivity contribution in [1.29, 1.82) is 0 Å². The van der Waals surface area contributed by atoms with Crippen LogP contribution in [-0.2, 0) is 0 Å². The van der Waals surface area contributed by atoms with Crippen molar-refractivity contribution in [3.05, 3.63) is 71.8 Å². The number of furan rings is 1. The number of anilines is 3. The number of rotatable bonds is 4. The first-order chi connectivity index (χ1) is 13.6. The zero-order valence-electron chi connectivity index (χ0n) is 16.2. The fourth-order valence-electron chi connectivity index (χ4n) is 3.52. The van der Waals surface area contributed by atoms with Gasteiger partial charge in [0.15, 0.2) is 5.76 Å². The minimum Gasteiger partial charge on any atom is -0.459 e. The van der Waals surface area contributed by atoms with Gasteiger partial charge in [-0.05, 0) is 55.3 Å². The number of pyridine rings is 1. The predicted octanol–water partition coefficient (Wildman–Crippen LogP) is 3.87. The van der Waals surface area contributed by atoms with Crippen molar-refractivity contribution in [3.8, 4) is 0 Å². The van der Waals surface area contributed by atoms with E-state index in [1.807, 2.05) is 18.3 Å². The van der Waals surface area contributed by atoms with Crippen LogP contribution in [0.1, 0.15) is 21.7 Å². The average molecular weight is 376 g/mol. The lowest BCUT2D eigenvalue weighted by molar-refractivity contribution is 0.0996. The van der Waals surface area contributed by atoms with Gasteiger partial charge in [0, 0.05) is 31.9 Å². The van der Waals surface area contributed by atoms with Gasteiger partial charge >= 0.3 is 0 Å². The van der Waals surface area contributed by atoms with Crippen LogP contribution in [0.25, 0.3) is 0 Å². The molecule has 6 nitrogen and oxygen atoms in total. The molecule has 0 bridgehead atoms. The van der Waals surface area contributed by atoms with Crippen molar-refractivity contribution < 1.29 is 9.21 Å². The highest BCUT2D eigenvalue weighted by Crippen LogP contribution is 2.25. The summed E-state index contributed by atoms with van der Waals surface area (Å²) < 4.78 is 5.10. The molecule has 3 aromatic rings. The Labute approximate surface area is 164 Å². The molecular weight excluding hydrogens is 352 g/mol. The third-order valence-corrected chi connectivity index (χ3v) is 5.30. The Balaban J connectivity index is 1.37. The molecule has 144 valence electrons. The summed E-state index contributed by atoms with van der Waals surface area (Å²) in [7, 11) is 0. The molecule has 0 saturated carbocycles. The number of piperazine rings is 1. The Morgan fingerprint density at radius 2 is 1.79 bits per heavy atom. The van der Waals surface area contributed by atoms with E-state index in [2.05, 4.69) is 52.1 Å². The van der Waals surface area contributed by atoms with E-state index in [9.17, 15) is 4.79 Å². The van der Waals surface area contributed by atoms with Gasteiger partial charge in [-0.15, -0.1) is 0 Å². The smallest absolute Gasteiger partial charge is 0.292 e. The minimum atomic E-state index is -0.299. The van der Waals surface area contributed by atoms with Crippen LogP contribution in [0.3, 0.4) is 0 Å². The Kier molecular flexibility index (Phi) is 5.02. The van der Waals surface area contributed by atoms with Gasteiger partial charge in [0.1, 0.15) is 5.82 Å². The number of nitrogens with one attached hydrogen (secondary N) is 1. The molecule has 1 aliphatic heterocycles. The SMILES string of the molecule is Cc1cccc(N2CCN(c3ccc(NC(=O)c4ccco4)nc3)CC2)c1C. The second kappa shape index (κ2) is 7.76. The molecule has 3 heterocycles. The molecule has 1 saturated heterocycles. The summed E-state index contributed by atoms with van der Waals surface area (Å²) in [5.41, 5.74) is 5.08. The molecule has 0 spiro atoms. The van der Waals surface area contributed by atoms with E-state index in [1.54, 1.807) is 12.1 Å². The monoisotopic (exact) mass is 376 g/mol. The maximum Gasteiger partial charge on any atom is 0.292 e. The van der Waals surface area contributed by atoms with E-state index in [-0.39, 0.29) is 11.7 Å². The fraction of sp³-hybridized carbons (Fsp3) is 0.273. The topological polar surface area (TPSA) is 61.6 Å². The van der Waals surface area contributed by atoms with Crippen LogP contribution in [0.2, 0.25) is 0 Å². The van der Waals surface area contributed by atoms with Crippen molar-refractivity contribution in [3.63, 3.8) is 0 Å². The molecule has 1 fully saturated rings. The van der Waals surface area contributed by atoms with Crippen molar-refractivity contribution in [1.82, 2.24) is 4.98 Å². The summed E-state index contributed by atoms with van der Waals surface area (Å²) in [6.45, 7) is 8.17. The van der Waals surface area contributed by atoms with Gasteiger partial charge in [0.2, 0.25) is 0 Å². The zero-order chi connectivity index (χ0) is 19.5. The lowest BCUT2D eigenvalue weighted by atomic mass is 10.1. The third kappa shape index (κ3) is 3.71. The van der Waals surface area contributed by atoms with Gasteiger partial charge in [0.25, 0.3) is 5.91 Å². The average Bonchev–Trinajstić information content (AvgIpc) is 3.26. The molecule has 1 aliphatic rings. The second-order valence-corrected chi connectivity index (χ2v) is 7.03. The van der Waals surface area contributed by atoms with Crippen molar-refractivity contribution in [2.75, 3.05) is 41.3 Å². The van der Waals surface area contributed by atoms with Crippen LogP contribution in [0.4, 0.5) is 17.2 Å². The van der Waals surface area contributed by atoms with E-state index in [4.69, 9.17) is 4.42 Å². The van der Waals surface area contributed by atoms with Crippen LogP contribution in [-0.4, -0.2) is 37.1 Å². The number of hydrogen-bond donors (Lipinski definition) is 1. The van der Waals surface area contributed by atoms with E-state index in [1.165, 1.54) is 23.1 Å². The second-order valence-electron chi connectivity index (χ2n) is 7.03. The minimum absolute atomic E-state index is 0.272. The Morgan fingerprint density at radius 3 is 2.46 bits per heavy atom. The van der Waals surface area contributed by atoms with E-state index >= 15 is 0 Å². The van der Waals surface area contributed by atoms with E-state index < -0.39 is 0 Å². The third-order valence-electron chi connectivity index (χ3n) is 5.30. The Morgan fingerprint density at radius 1 is 1.00 bits per heavy atom. The number of aryl methyl sites for hydroxylation is 1. The number of nitrogens with zero attached hydrogens (tertiary/aromatic N) is 3. The van der Waals surface area contributed by atoms with Crippen LogP contribution in [0, 0.1) is 13.8 Å². The first-order valence-corrected chi connectivity index (χ1v) is 9.49. The van der Waals surface area contributed by atoms with Gasteiger partial charge in [-0.25, -0.2) is 4.98 Å². The number of benzene rings is 1. The van der Waals surface area contributed by atoms with Gasteiger partial charge in [-0.1, -0.05) is 12.1 Å². The lowest BCUT2D eigenvalue weighted by Gasteiger charge is -2.38. The number of amides is 1. The first-order valence-electron chi connectivity index (χ1n) is 9.49. The maximum atomic E-state index is 12.0. The summed E-state index contributed by atoms with van der Waals surface area (Å²) in [4.78, 5) is 21.2. The van der Waals surface area contributed by atoms with Crippen molar-refractivity contribution in [2.45, 2.75) is 13.8 Å². The largest absolute Gasteiger partial charge is 0.459 e. The molecule has 1 N–H and O–H groups in total. The molecular formula is C22H24N4O2. The highest BCUT2D eigenvalue weighted by molar-refractivity contribution is 6.01. The fourth-order valence-corrected chi connectivity index (χ4v) is 3.52. The highest BCUT2D eigenvalue weighted by Gasteiger charge is 2.19. The summed E-state index contributed by atoms with van der Waals surface area (Å²) in [5.74, 6) is 0.486. The molecule has 6 heteroatoms. The quantitative estimate of drug-likeness (QED) is 0.749. The summed E-state index contributed by atoms with van der Waals surface area (Å²) >= 11 is 0. The Bertz CT molecular complexity index is 943. The predicted molar refractivity (Wildman–Crippen MR) is 111 cm³/mol.